The van der Waals surface area contributed by atoms with Crippen LogP contribution in [-0.4, -0.2) is 53.8 Å². The lowest BCUT2D eigenvalue weighted by Gasteiger charge is -2.28. The van der Waals surface area contributed by atoms with E-state index in [-0.39, 0.29) is 41.2 Å². The van der Waals surface area contributed by atoms with Crippen LogP contribution in [-0.2, 0) is 19.1 Å². The molecular formula is C24H21N3O9. The van der Waals surface area contributed by atoms with Crippen LogP contribution in [0.5, 0.6) is 0 Å². The van der Waals surface area contributed by atoms with E-state index in [0.717, 1.165) is 18.1 Å². The van der Waals surface area contributed by atoms with Crippen LogP contribution in [0.2, 0.25) is 0 Å². The molecule has 0 fully saturated rings. The van der Waals surface area contributed by atoms with Crippen molar-refractivity contribution in [3.63, 3.8) is 0 Å². The second kappa shape index (κ2) is 9.49. The number of carbonyl (C=O) groups excluding carboxylic acids is 4. The van der Waals surface area contributed by atoms with Crippen molar-refractivity contribution in [3.8, 4) is 0 Å². The Kier molecular flexibility index (Phi) is 6.43. The lowest BCUT2D eigenvalue weighted by Crippen LogP contribution is -2.35. The molecule has 2 aliphatic rings. The van der Waals surface area contributed by atoms with Crippen molar-refractivity contribution in [2.24, 2.45) is 0 Å². The van der Waals surface area contributed by atoms with Crippen molar-refractivity contribution in [2.45, 2.75) is 19.8 Å². The molecule has 1 aromatic carbocycles. The van der Waals surface area contributed by atoms with Crippen molar-refractivity contribution in [1.82, 2.24) is 10.2 Å². The average molecular weight is 495 g/mol. The van der Waals surface area contributed by atoms with Crippen LogP contribution in [0.4, 0.5) is 5.88 Å². The summed E-state index contributed by atoms with van der Waals surface area (Å²) in [7, 11) is 1.16. The highest BCUT2D eigenvalue weighted by atomic mass is 16.6. The lowest BCUT2D eigenvalue weighted by atomic mass is 9.83. The minimum atomic E-state index is -1.15. The van der Waals surface area contributed by atoms with E-state index in [1.54, 1.807) is 38.1 Å². The molecule has 0 radical (unpaired) electrons. The maximum absolute atomic E-state index is 13.2. The number of methoxy groups -OCH3 is 1. The fourth-order valence-electron chi connectivity index (χ4n) is 4.27. The zero-order valence-corrected chi connectivity index (χ0v) is 19.5. The molecule has 3 heterocycles. The van der Waals surface area contributed by atoms with Crippen LogP contribution in [0.3, 0.4) is 0 Å². The van der Waals surface area contributed by atoms with Crippen molar-refractivity contribution in [3.05, 3.63) is 85.9 Å². The summed E-state index contributed by atoms with van der Waals surface area (Å²) in [4.78, 5) is 62.3. The monoisotopic (exact) mass is 495 g/mol. The molecule has 0 unspecified atom stereocenters. The molecular weight excluding hydrogens is 474 g/mol. The van der Waals surface area contributed by atoms with Gasteiger partial charge < -0.3 is 19.2 Å². The summed E-state index contributed by atoms with van der Waals surface area (Å²) in [5, 5.41) is 14.1. The molecule has 1 aromatic heterocycles. The molecule has 1 atom stereocenters. The van der Waals surface area contributed by atoms with E-state index in [0.29, 0.717) is 11.4 Å². The fourth-order valence-corrected chi connectivity index (χ4v) is 4.27. The van der Waals surface area contributed by atoms with E-state index in [4.69, 9.17) is 13.9 Å². The van der Waals surface area contributed by atoms with Gasteiger partial charge in [-0.2, -0.15) is 0 Å². The third-order valence-electron chi connectivity index (χ3n) is 5.89. The molecule has 0 saturated heterocycles. The molecule has 12 heteroatoms. The van der Waals surface area contributed by atoms with Crippen LogP contribution >= 0.6 is 0 Å². The molecule has 2 aromatic rings. The number of benzene rings is 1. The summed E-state index contributed by atoms with van der Waals surface area (Å²) < 4.78 is 15.6. The third-order valence-corrected chi connectivity index (χ3v) is 5.89. The van der Waals surface area contributed by atoms with E-state index in [1.165, 1.54) is 6.07 Å². The summed E-state index contributed by atoms with van der Waals surface area (Å²) in [6.45, 7) is 2.66. The molecule has 0 spiro atoms. The highest BCUT2D eigenvalue weighted by molar-refractivity contribution is 6.21. The number of fused-ring (bicyclic) bond motifs is 1. The zero-order chi connectivity index (χ0) is 26.1. The topological polar surface area (TPSA) is 158 Å². The maximum atomic E-state index is 13.2. The smallest absolute Gasteiger partial charge is 0.433 e. The highest BCUT2D eigenvalue weighted by Gasteiger charge is 2.41. The Labute approximate surface area is 204 Å². The fraction of sp³-hybridized carbons (Fsp3) is 0.250. The maximum Gasteiger partial charge on any atom is 0.433 e. The Morgan fingerprint density at radius 1 is 1.03 bits per heavy atom. The minimum Gasteiger partial charge on any atom is -0.466 e. The first kappa shape index (κ1) is 24.4. The van der Waals surface area contributed by atoms with Gasteiger partial charge in [-0.1, -0.05) is 12.1 Å². The van der Waals surface area contributed by atoms with Gasteiger partial charge in [0.15, 0.2) is 0 Å². The van der Waals surface area contributed by atoms with Crippen molar-refractivity contribution in [1.29, 1.82) is 0 Å². The Hall–Kier alpha value is -4.74. The number of dihydropyridines is 1. The van der Waals surface area contributed by atoms with Gasteiger partial charge in [0.1, 0.15) is 17.3 Å². The SMILES string of the molecule is COC(=O)C1=C(C)NC(C)=C(C(=O)OCCN2C(=O)c3ccccc3C2=O)[C@@H]1c1ccc([N+](=O)[O-])o1. The van der Waals surface area contributed by atoms with Crippen LogP contribution in [0.1, 0.15) is 46.2 Å². The van der Waals surface area contributed by atoms with Gasteiger partial charge >= 0.3 is 17.8 Å². The Bertz CT molecular complexity index is 1330. The number of nitro groups is 1. The first-order valence-electron chi connectivity index (χ1n) is 10.8. The summed E-state index contributed by atoms with van der Waals surface area (Å²) in [6.07, 6.45) is 0. The van der Waals surface area contributed by atoms with Gasteiger partial charge in [-0.15, -0.1) is 0 Å². The van der Waals surface area contributed by atoms with Gasteiger partial charge in [0.05, 0.1) is 47.9 Å². The molecule has 0 bridgehead atoms. The minimum absolute atomic E-state index is 0.0136. The predicted octanol–water partition coefficient (Wildman–Crippen LogP) is 2.43. The number of carbonyl (C=O) groups is 4. The van der Waals surface area contributed by atoms with E-state index in [1.807, 2.05) is 0 Å². The van der Waals surface area contributed by atoms with E-state index in [2.05, 4.69) is 5.32 Å². The number of hydrogen-bond donors (Lipinski definition) is 1. The number of allylic oxidation sites excluding steroid dienone is 2. The first-order chi connectivity index (χ1) is 17.1. The largest absolute Gasteiger partial charge is 0.466 e. The van der Waals surface area contributed by atoms with Crippen LogP contribution in [0, 0.1) is 10.1 Å². The number of ether oxygens (including phenoxy) is 2. The van der Waals surface area contributed by atoms with Crippen molar-refractivity contribution >= 4 is 29.6 Å². The van der Waals surface area contributed by atoms with E-state index < -0.39 is 40.5 Å². The second-order valence-electron chi connectivity index (χ2n) is 8.00. The number of hydrogen-bond acceptors (Lipinski definition) is 10. The quantitative estimate of drug-likeness (QED) is 0.262. The molecule has 1 N–H and O–H groups in total. The van der Waals surface area contributed by atoms with Crippen LogP contribution in [0.15, 0.2) is 63.4 Å². The predicted molar refractivity (Wildman–Crippen MR) is 121 cm³/mol. The Morgan fingerprint density at radius 2 is 1.61 bits per heavy atom. The van der Waals surface area contributed by atoms with Gasteiger partial charge in [-0.3, -0.25) is 24.6 Å². The number of amides is 2. The number of nitrogens with one attached hydrogen (secondary N) is 1. The van der Waals surface area contributed by atoms with Crippen LogP contribution < -0.4 is 5.32 Å². The molecule has 186 valence electrons. The Morgan fingerprint density at radius 3 is 2.14 bits per heavy atom. The number of rotatable bonds is 7. The number of furan rings is 1. The van der Waals surface area contributed by atoms with Gasteiger partial charge in [0, 0.05) is 11.4 Å². The molecule has 36 heavy (non-hydrogen) atoms. The lowest BCUT2D eigenvalue weighted by molar-refractivity contribution is -0.402. The third kappa shape index (κ3) is 4.13. The molecule has 4 rings (SSSR count). The molecule has 12 nitrogen and oxygen atoms in total. The first-order valence-corrected chi connectivity index (χ1v) is 10.8. The Balaban J connectivity index is 1.57. The van der Waals surface area contributed by atoms with Crippen molar-refractivity contribution in [2.75, 3.05) is 20.3 Å². The average Bonchev–Trinajstić information content (AvgIpc) is 3.43. The van der Waals surface area contributed by atoms with Gasteiger partial charge in [-0.25, -0.2) is 9.59 Å². The molecule has 2 aliphatic heterocycles. The normalized spacial score (nSPS) is 17.2. The molecule has 0 saturated carbocycles. The van der Waals surface area contributed by atoms with Crippen LogP contribution in [0.25, 0.3) is 0 Å². The molecule has 0 aliphatic carbocycles. The summed E-state index contributed by atoms with van der Waals surface area (Å²) >= 11 is 0. The second-order valence-corrected chi connectivity index (χ2v) is 8.00. The van der Waals surface area contributed by atoms with E-state index >= 15 is 0 Å². The standard InChI is InChI=1S/C24H21N3O9/c1-12-18(23(30)34-3)20(16-8-9-17(36-16)27(32)33)19(13(2)25-12)24(31)35-11-10-26-21(28)14-6-4-5-7-15(14)22(26)29/h4-9,20,25H,10-11H2,1-3H3/t20-/m1/s1. The summed E-state index contributed by atoms with van der Waals surface area (Å²) in [6, 6.07) is 8.78. The van der Waals surface area contributed by atoms with Gasteiger partial charge in [0.2, 0.25) is 0 Å². The van der Waals surface area contributed by atoms with Gasteiger partial charge in [0.25, 0.3) is 11.8 Å². The summed E-state index contributed by atoms with van der Waals surface area (Å²) in [5.74, 6) is -4.37. The number of imide groups is 1. The highest BCUT2D eigenvalue weighted by Crippen LogP contribution is 2.40. The van der Waals surface area contributed by atoms with E-state index in [9.17, 15) is 29.3 Å². The number of nitrogens with zero attached hydrogens (tertiary/aromatic N) is 2. The molecule has 2 amide bonds. The van der Waals surface area contributed by atoms with Gasteiger partial charge in [-0.05, 0) is 32.0 Å². The summed E-state index contributed by atoms with van der Waals surface area (Å²) in [5.41, 5.74) is 1.21. The van der Waals surface area contributed by atoms with Crippen molar-refractivity contribution < 1.29 is 38.0 Å². The zero-order valence-electron chi connectivity index (χ0n) is 19.5. The number of esters is 2.